The van der Waals surface area contributed by atoms with Crippen LogP contribution < -0.4 is 9.46 Å². The van der Waals surface area contributed by atoms with Crippen molar-refractivity contribution in [3.05, 3.63) is 53.6 Å². The molecule has 0 aliphatic carbocycles. The van der Waals surface area contributed by atoms with Crippen LogP contribution in [0.4, 0.5) is 5.69 Å². The third-order valence-electron chi connectivity index (χ3n) is 5.13. The molecule has 2 aromatic carbocycles. The molecule has 1 aliphatic rings. The highest BCUT2D eigenvalue weighted by atomic mass is 32.2. The van der Waals surface area contributed by atoms with E-state index < -0.39 is 10.0 Å². The minimum absolute atomic E-state index is 0.0466. The van der Waals surface area contributed by atoms with Gasteiger partial charge in [-0.15, -0.1) is 0 Å². The number of anilines is 1. The lowest BCUT2D eigenvalue weighted by molar-refractivity contribution is 0.0757. The van der Waals surface area contributed by atoms with Crippen molar-refractivity contribution in [1.82, 2.24) is 4.90 Å². The molecule has 0 aromatic heterocycles. The Labute approximate surface area is 177 Å². The molecule has 30 heavy (non-hydrogen) atoms. The average molecular weight is 431 g/mol. The van der Waals surface area contributed by atoms with Crippen LogP contribution in [-0.4, -0.2) is 45.2 Å². The van der Waals surface area contributed by atoms with Crippen LogP contribution in [-0.2, 0) is 10.0 Å². The predicted molar refractivity (Wildman–Crippen MR) is 115 cm³/mol. The normalized spacial score (nSPS) is 14.7. The van der Waals surface area contributed by atoms with Gasteiger partial charge in [0.1, 0.15) is 5.75 Å². The van der Waals surface area contributed by atoms with Crippen LogP contribution in [0.5, 0.6) is 5.75 Å². The maximum atomic E-state index is 13.1. The second-order valence-electron chi connectivity index (χ2n) is 7.31. The molecule has 2 aromatic rings. The molecule has 1 heterocycles. The Kier molecular flexibility index (Phi) is 6.77. The first-order chi connectivity index (χ1) is 14.3. The summed E-state index contributed by atoms with van der Waals surface area (Å²) in [7, 11) is -2.51. The van der Waals surface area contributed by atoms with Crippen LogP contribution in [0.3, 0.4) is 0 Å². The van der Waals surface area contributed by atoms with E-state index in [2.05, 4.69) is 4.72 Å². The van der Waals surface area contributed by atoms with Crippen molar-refractivity contribution in [2.75, 3.05) is 24.9 Å². The number of sulfonamides is 1. The summed E-state index contributed by atoms with van der Waals surface area (Å²) < 4.78 is 33.6. The minimum Gasteiger partial charge on any atom is -0.496 e. The lowest BCUT2D eigenvalue weighted by Crippen LogP contribution is -2.32. The molecule has 0 radical (unpaired) electrons. The summed E-state index contributed by atoms with van der Waals surface area (Å²) in [6.07, 6.45) is 4.03. The summed E-state index contributed by atoms with van der Waals surface area (Å²) in [5.74, 6) is -0.0584. The Hall–Kier alpha value is -2.87. The number of nitrogens with one attached hydrogen (secondary N) is 1. The monoisotopic (exact) mass is 430 g/mol. The summed E-state index contributed by atoms with van der Waals surface area (Å²) in [6, 6.07) is 10.5. The summed E-state index contributed by atoms with van der Waals surface area (Å²) in [5.41, 5.74) is 0.903. The zero-order valence-electron chi connectivity index (χ0n) is 17.2. The van der Waals surface area contributed by atoms with Gasteiger partial charge in [-0.3, -0.25) is 14.3 Å². The van der Waals surface area contributed by atoms with Crippen molar-refractivity contribution in [2.24, 2.45) is 0 Å². The van der Waals surface area contributed by atoms with Crippen LogP contribution in [0, 0.1) is 0 Å². The molecular weight excluding hydrogens is 404 g/mol. The minimum atomic E-state index is -3.96. The number of methoxy groups -OCH3 is 1. The first-order valence-electron chi connectivity index (χ1n) is 9.93. The van der Waals surface area contributed by atoms with Crippen LogP contribution in [0.1, 0.15) is 53.3 Å². The number of amides is 1. The van der Waals surface area contributed by atoms with E-state index in [9.17, 15) is 18.0 Å². The number of ketones is 1. The van der Waals surface area contributed by atoms with Crippen molar-refractivity contribution in [3.8, 4) is 5.75 Å². The number of Topliss-reactive ketones (excluding diaryl/α,β-unsaturated/α-hetero) is 1. The number of carbonyl (C=O) groups is 2. The molecule has 1 N–H and O–H groups in total. The summed E-state index contributed by atoms with van der Waals surface area (Å²) >= 11 is 0. The molecule has 0 spiro atoms. The molecule has 1 fully saturated rings. The van der Waals surface area contributed by atoms with Crippen LogP contribution in [0.15, 0.2) is 47.4 Å². The second-order valence-corrected chi connectivity index (χ2v) is 8.99. The largest absolute Gasteiger partial charge is 0.496 e. The third-order valence-corrected chi connectivity index (χ3v) is 6.51. The lowest BCUT2D eigenvalue weighted by atomic mass is 10.1. The highest BCUT2D eigenvalue weighted by Gasteiger charge is 2.24. The van der Waals surface area contributed by atoms with Crippen LogP contribution in [0.2, 0.25) is 0 Å². The predicted octanol–water partition coefficient (Wildman–Crippen LogP) is 3.71. The van der Waals surface area contributed by atoms with Crippen molar-refractivity contribution in [1.29, 1.82) is 0 Å². The van der Waals surface area contributed by atoms with Gasteiger partial charge in [-0.1, -0.05) is 25.0 Å². The van der Waals surface area contributed by atoms with Gasteiger partial charge >= 0.3 is 0 Å². The van der Waals surface area contributed by atoms with Crippen LogP contribution in [0.25, 0.3) is 0 Å². The Morgan fingerprint density at radius 3 is 2.33 bits per heavy atom. The Balaban J connectivity index is 1.92. The summed E-state index contributed by atoms with van der Waals surface area (Å²) in [6.45, 7) is 2.71. The first-order valence-corrected chi connectivity index (χ1v) is 11.4. The van der Waals surface area contributed by atoms with E-state index >= 15 is 0 Å². The Morgan fingerprint density at radius 2 is 1.70 bits per heavy atom. The van der Waals surface area contributed by atoms with Gasteiger partial charge < -0.3 is 9.64 Å². The molecule has 0 bridgehead atoms. The molecule has 0 saturated carbocycles. The van der Waals surface area contributed by atoms with E-state index in [0.717, 1.165) is 25.7 Å². The fourth-order valence-corrected chi connectivity index (χ4v) is 4.56. The van der Waals surface area contributed by atoms with E-state index in [-0.39, 0.29) is 27.8 Å². The maximum absolute atomic E-state index is 13.1. The summed E-state index contributed by atoms with van der Waals surface area (Å²) in [4.78, 5) is 26.4. The van der Waals surface area contributed by atoms with Crippen molar-refractivity contribution in [2.45, 2.75) is 37.5 Å². The van der Waals surface area contributed by atoms with Crippen molar-refractivity contribution >= 4 is 27.4 Å². The standard InChI is InChI=1S/C22H26N2O5S/c1-16(25)17-8-7-9-18(14-17)23-30(27,28)19-10-11-21(29-2)20(15-19)22(26)24-12-5-3-4-6-13-24/h7-11,14-15,23H,3-6,12-13H2,1-2H3. The lowest BCUT2D eigenvalue weighted by Gasteiger charge is -2.22. The van der Waals surface area contributed by atoms with Gasteiger partial charge in [-0.05, 0) is 50.1 Å². The molecule has 7 nitrogen and oxygen atoms in total. The van der Waals surface area contributed by atoms with Gasteiger partial charge in [0.05, 0.1) is 17.6 Å². The van der Waals surface area contributed by atoms with Crippen molar-refractivity contribution < 1.29 is 22.7 Å². The van der Waals surface area contributed by atoms with Gasteiger partial charge in [0, 0.05) is 24.3 Å². The average Bonchev–Trinajstić information content (AvgIpc) is 3.02. The number of rotatable bonds is 6. The Bertz CT molecular complexity index is 1040. The molecule has 1 aliphatic heterocycles. The fourth-order valence-electron chi connectivity index (χ4n) is 3.48. The van der Waals surface area contributed by atoms with Crippen LogP contribution >= 0.6 is 0 Å². The fraction of sp³-hybridized carbons (Fsp3) is 0.364. The quantitative estimate of drug-likeness (QED) is 0.705. The van der Waals surface area contributed by atoms with E-state index in [1.54, 1.807) is 23.1 Å². The molecule has 160 valence electrons. The van der Waals surface area contributed by atoms with E-state index in [1.165, 1.54) is 38.3 Å². The van der Waals surface area contributed by atoms with Crippen molar-refractivity contribution in [3.63, 3.8) is 0 Å². The van der Waals surface area contributed by atoms with Gasteiger partial charge in [-0.2, -0.15) is 0 Å². The smallest absolute Gasteiger partial charge is 0.261 e. The number of nitrogens with zero attached hydrogens (tertiary/aromatic N) is 1. The van der Waals surface area contributed by atoms with Gasteiger partial charge in [0.2, 0.25) is 0 Å². The number of likely N-dealkylation sites (tertiary alicyclic amines) is 1. The molecule has 1 saturated heterocycles. The Morgan fingerprint density at radius 1 is 1.00 bits per heavy atom. The van der Waals surface area contributed by atoms with E-state index in [0.29, 0.717) is 24.4 Å². The molecule has 1 amide bonds. The highest BCUT2D eigenvalue weighted by molar-refractivity contribution is 7.92. The zero-order valence-corrected chi connectivity index (χ0v) is 18.0. The van der Waals surface area contributed by atoms with Gasteiger partial charge in [0.25, 0.3) is 15.9 Å². The number of hydrogen-bond acceptors (Lipinski definition) is 5. The molecule has 0 atom stereocenters. The maximum Gasteiger partial charge on any atom is 0.261 e. The number of benzene rings is 2. The zero-order chi connectivity index (χ0) is 21.7. The highest BCUT2D eigenvalue weighted by Crippen LogP contribution is 2.26. The summed E-state index contributed by atoms with van der Waals surface area (Å²) in [5, 5.41) is 0. The molecule has 0 unspecified atom stereocenters. The molecular formula is C22H26N2O5S. The van der Waals surface area contributed by atoms with Gasteiger partial charge in [-0.25, -0.2) is 8.42 Å². The SMILES string of the molecule is COc1ccc(S(=O)(=O)Nc2cccc(C(C)=O)c2)cc1C(=O)N1CCCCCC1. The van der Waals surface area contributed by atoms with Gasteiger partial charge in [0.15, 0.2) is 5.78 Å². The third kappa shape index (κ3) is 4.99. The number of ether oxygens (including phenoxy) is 1. The molecule has 8 heteroatoms. The van der Waals surface area contributed by atoms with E-state index in [1.807, 2.05) is 0 Å². The van der Waals surface area contributed by atoms with E-state index in [4.69, 9.17) is 4.74 Å². The number of carbonyl (C=O) groups excluding carboxylic acids is 2. The number of hydrogen-bond donors (Lipinski definition) is 1. The topological polar surface area (TPSA) is 92.8 Å². The molecule has 3 rings (SSSR count). The second kappa shape index (κ2) is 9.30. The first kappa shape index (κ1) is 21.8.